The summed E-state index contributed by atoms with van der Waals surface area (Å²) in [5, 5.41) is 14.3. The molecule has 0 bridgehead atoms. The van der Waals surface area contributed by atoms with Crippen LogP contribution >= 0.6 is 0 Å². The second kappa shape index (κ2) is 7.03. The maximum atomic E-state index is 12.9. The van der Waals surface area contributed by atoms with E-state index in [2.05, 4.69) is 20.8 Å². The van der Waals surface area contributed by atoms with E-state index in [0.29, 0.717) is 12.3 Å². The molecule has 8 heteroatoms. The van der Waals surface area contributed by atoms with Crippen LogP contribution in [0.25, 0.3) is 0 Å². The minimum Gasteiger partial charge on any atom is -0.359 e. The van der Waals surface area contributed by atoms with Gasteiger partial charge in [-0.3, -0.25) is 4.79 Å². The molecule has 2 heterocycles. The fraction of sp³-hybridized carbons (Fsp3) is 0.250. The number of benzene rings is 1. The fourth-order valence-corrected chi connectivity index (χ4v) is 2.12. The third kappa shape index (κ3) is 3.83. The van der Waals surface area contributed by atoms with Gasteiger partial charge in [0, 0.05) is 6.07 Å². The molecule has 3 rings (SSSR count). The molecule has 2 aromatic heterocycles. The number of hydrogen-bond acceptors (Lipinski definition) is 5. The van der Waals surface area contributed by atoms with E-state index >= 15 is 0 Å². The predicted octanol–water partition coefficient (Wildman–Crippen LogP) is 1.95. The van der Waals surface area contributed by atoms with E-state index in [1.54, 1.807) is 18.2 Å². The number of rotatable bonds is 6. The van der Waals surface area contributed by atoms with Crippen molar-refractivity contribution in [3.63, 3.8) is 0 Å². The molecule has 124 valence electrons. The molecule has 0 atom stereocenters. The van der Waals surface area contributed by atoms with Crippen molar-refractivity contribution in [3.05, 3.63) is 65.1 Å². The smallest absolute Gasteiger partial charge is 0.273 e. The van der Waals surface area contributed by atoms with Crippen molar-refractivity contribution in [3.8, 4) is 0 Å². The Kier molecular flexibility index (Phi) is 4.64. The number of aryl methyl sites for hydroxylation is 1. The Morgan fingerprint density at radius 1 is 1.33 bits per heavy atom. The van der Waals surface area contributed by atoms with E-state index in [-0.39, 0.29) is 24.0 Å². The van der Waals surface area contributed by atoms with E-state index < -0.39 is 0 Å². The van der Waals surface area contributed by atoms with Crippen LogP contribution in [0.3, 0.4) is 0 Å². The van der Waals surface area contributed by atoms with Gasteiger partial charge in [0.25, 0.3) is 5.91 Å². The summed E-state index contributed by atoms with van der Waals surface area (Å²) in [6.45, 7) is 2.61. The van der Waals surface area contributed by atoms with Crippen molar-refractivity contribution in [2.75, 3.05) is 0 Å². The molecule has 0 saturated carbocycles. The molecule has 0 fully saturated rings. The Bertz CT molecular complexity index is 825. The Morgan fingerprint density at radius 2 is 2.12 bits per heavy atom. The van der Waals surface area contributed by atoms with E-state index in [1.807, 2.05) is 6.92 Å². The lowest BCUT2D eigenvalue weighted by Crippen LogP contribution is -2.22. The van der Waals surface area contributed by atoms with Crippen LogP contribution < -0.4 is 5.32 Å². The third-order valence-corrected chi connectivity index (χ3v) is 3.42. The Morgan fingerprint density at radius 3 is 2.83 bits per heavy atom. The maximum absolute atomic E-state index is 12.9. The number of amides is 1. The van der Waals surface area contributed by atoms with Crippen molar-refractivity contribution in [1.29, 1.82) is 0 Å². The second-order valence-corrected chi connectivity index (χ2v) is 5.25. The van der Waals surface area contributed by atoms with Crippen LogP contribution in [0.15, 0.2) is 41.1 Å². The summed E-state index contributed by atoms with van der Waals surface area (Å²) < 4.78 is 19.5. The zero-order valence-corrected chi connectivity index (χ0v) is 13.1. The number of nitrogens with one attached hydrogen (secondary N) is 1. The SMILES string of the molecule is CCc1cc(CNC(=O)c2cn(Cc3ccc(F)cc3)nn2)on1. The molecular weight excluding hydrogens is 313 g/mol. The fourth-order valence-electron chi connectivity index (χ4n) is 2.12. The molecule has 7 nitrogen and oxygen atoms in total. The molecule has 0 unspecified atom stereocenters. The second-order valence-electron chi connectivity index (χ2n) is 5.25. The molecule has 0 spiro atoms. The summed E-state index contributed by atoms with van der Waals surface area (Å²) in [5.74, 6) is -0.0650. The molecule has 0 aliphatic carbocycles. The summed E-state index contributed by atoms with van der Waals surface area (Å²) in [6.07, 6.45) is 2.31. The summed E-state index contributed by atoms with van der Waals surface area (Å²) in [6, 6.07) is 7.87. The first-order valence-corrected chi connectivity index (χ1v) is 7.51. The highest BCUT2D eigenvalue weighted by Crippen LogP contribution is 2.06. The molecule has 0 aliphatic rings. The van der Waals surface area contributed by atoms with E-state index in [1.165, 1.54) is 23.0 Å². The molecule has 0 radical (unpaired) electrons. The van der Waals surface area contributed by atoms with E-state index in [9.17, 15) is 9.18 Å². The lowest BCUT2D eigenvalue weighted by atomic mass is 10.2. The Hall–Kier alpha value is -3.03. The lowest BCUT2D eigenvalue weighted by Gasteiger charge is -2.00. The topological polar surface area (TPSA) is 85.8 Å². The van der Waals surface area contributed by atoms with Crippen LogP contribution in [0.1, 0.15) is 34.4 Å². The van der Waals surface area contributed by atoms with Gasteiger partial charge >= 0.3 is 0 Å². The van der Waals surface area contributed by atoms with Gasteiger partial charge in [-0.1, -0.05) is 29.4 Å². The van der Waals surface area contributed by atoms with Crippen molar-refractivity contribution in [2.45, 2.75) is 26.4 Å². The molecular formula is C16H16FN5O2. The number of halogens is 1. The molecule has 3 aromatic rings. The summed E-state index contributed by atoms with van der Waals surface area (Å²) in [4.78, 5) is 12.1. The Labute approximate surface area is 137 Å². The predicted molar refractivity (Wildman–Crippen MR) is 82.6 cm³/mol. The van der Waals surface area contributed by atoms with Crippen molar-refractivity contribution < 1.29 is 13.7 Å². The van der Waals surface area contributed by atoms with Gasteiger partial charge in [0.15, 0.2) is 11.5 Å². The molecule has 1 N–H and O–H groups in total. The van der Waals surface area contributed by atoms with Gasteiger partial charge in [-0.05, 0) is 24.1 Å². The zero-order valence-electron chi connectivity index (χ0n) is 13.1. The Balaban J connectivity index is 1.57. The average Bonchev–Trinajstić information content (AvgIpc) is 3.24. The zero-order chi connectivity index (χ0) is 16.9. The lowest BCUT2D eigenvalue weighted by molar-refractivity contribution is 0.0942. The van der Waals surface area contributed by atoms with Gasteiger partial charge in [0.1, 0.15) is 5.82 Å². The highest BCUT2D eigenvalue weighted by Gasteiger charge is 2.12. The highest BCUT2D eigenvalue weighted by molar-refractivity contribution is 5.91. The van der Waals surface area contributed by atoms with Crippen LogP contribution in [-0.2, 0) is 19.5 Å². The third-order valence-electron chi connectivity index (χ3n) is 3.42. The monoisotopic (exact) mass is 329 g/mol. The van der Waals surface area contributed by atoms with Crippen LogP contribution in [0, 0.1) is 5.82 Å². The summed E-state index contributed by atoms with van der Waals surface area (Å²) in [7, 11) is 0. The number of carbonyl (C=O) groups excluding carboxylic acids is 1. The van der Waals surface area contributed by atoms with Gasteiger partial charge in [-0.25, -0.2) is 9.07 Å². The van der Waals surface area contributed by atoms with Gasteiger partial charge in [-0.2, -0.15) is 0 Å². The average molecular weight is 329 g/mol. The highest BCUT2D eigenvalue weighted by atomic mass is 19.1. The molecule has 24 heavy (non-hydrogen) atoms. The number of aromatic nitrogens is 4. The van der Waals surface area contributed by atoms with Crippen LogP contribution in [-0.4, -0.2) is 26.1 Å². The van der Waals surface area contributed by atoms with Gasteiger partial charge in [0.2, 0.25) is 0 Å². The van der Waals surface area contributed by atoms with E-state index in [0.717, 1.165) is 17.7 Å². The minimum atomic E-state index is -0.352. The maximum Gasteiger partial charge on any atom is 0.273 e. The van der Waals surface area contributed by atoms with Gasteiger partial charge in [-0.15, -0.1) is 5.10 Å². The summed E-state index contributed by atoms with van der Waals surface area (Å²) >= 11 is 0. The van der Waals surface area contributed by atoms with Crippen molar-refractivity contribution in [2.24, 2.45) is 0 Å². The number of carbonyl (C=O) groups is 1. The van der Waals surface area contributed by atoms with E-state index in [4.69, 9.17) is 4.52 Å². The largest absolute Gasteiger partial charge is 0.359 e. The van der Waals surface area contributed by atoms with Crippen LogP contribution in [0.2, 0.25) is 0 Å². The summed E-state index contributed by atoms with van der Waals surface area (Å²) in [5.41, 5.74) is 1.90. The molecule has 1 amide bonds. The number of hydrogen-bond donors (Lipinski definition) is 1. The first kappa shape index (κ1) is 15.9. The molecule has 0 aliphatic heterocycles. The first-order valence-electron chi connectivity index (χ1n) is 7.51. The van der Waals surface area contributed by atoms with Gasteiger partial charge < -0.3 is 9.84 Å². The normalized spacial score (nSPS) is 10.8. The van der Waals surface area contributed by atoms with Crippen molar-refractivity contribution >= 4 is 5.91 Å². The van der Waals surface area contributed by atoms with Gasteiger partial charge in [0.05, 0.1) is 25.0 Å². The minimum absolute atomic E-state index is 0.201. The standard InChI is InChI=1S/C16H16FN5O2/c1-2-13-7-14(24-20-13)8-18-16(23)15-10-22(21-19-15)9-11-3-5-12(17)6-4-11/h3-7,10H,2,8-9H2,1H3,(H,18,23). The quantitative estimate of drug-likeness (QED) is 0.747. The van der Waals surface area contributed by atoms with Crippen molar-refractivity contribution in [1.82, 2.24) is 25.5 Å². The van der Waals surface area contributed by atoms with Crippen LogP contribution in [0.5, 0.6) is 0 Å². The van der Waals surface area contributed by atoms with Crippen LogP contribution in [0.4, 0.5) is 4.39 Å². The number of nitrogens with zero attached hydrogens (tertiary/aromatic N) is 4. The first-order chi connectivity index (χ1) is 11.6. The molecule has 1 aromatic carbocycles. The molecule has 0 saturated heterocycles.